The van der Waals surface area contributed by atoms with Gasteiger partial charge in [-0.05, 0) is 31.3 Å². The molecule has 0 radical (unpaired) electrons. The highest BCUT2D eigenvalue weighted by Gasteiger charge is 2.11. The van der Waals surface area contributed by atoms with Gasteiger partial charge in [0, 0.05) is 18.7 Å². The molecule has 106 valence electrons. The molecule has 1 aromatic carbocycles. The highest BCUT2D eigenvalue weighted by atomic mass is 32.1. The van der Waals surface area contributed by atoms with Crippen LogP contribution in [0.5, 0.6) is 5.75 Å². The van der Waals surface area contributed by atoms with Crippen LogP contribution in [0.4, 0.5) is 0 Å². The lowest BCUT2D eigenvalue weighted by molar-refractivity contribution is 0.0958. The average molecular weight is 291 g/mol. The highest BCUT2D eigenvalue weighted by Crippen LogP contribution is 2.26. The van der Waals surface area contributed by atoms with Gasteiger partial charge >= 0.3 is 0 Å². The summed E-state index contributed by atoms with van der Waals surface area (Å²) in [6, 6.07) is 7.62. The molecule has 5 nitrogen and oxygen atoms in total. The summed E-state index contributed by atoms with van der Waals surface area (Å²) >= 11 is 1.38. The third-order valence-corrected chi connectivity index (χ3v) is 3.77. The van der Waals surface area contributed by atoms with Crippen molar-refractivity contribution < 1.29 is 9.53 Å². The molecule has 0 fully saturated rings. The van der Waals surface area contributed by atoms with Crippen molar-refractivity contribution >= 4 is 17.2 Å². The van der Waals surface area contributed by atoms with Gasteiger partial charge in [0.2, 0.25) is 0 Å². The molecule has 1 amide bonds. The van der Waals surface area contributed by atoms with Crippen LogP contribution in [0.25, 0.3) is 10.6 Å². The lowest BCUT2D eigenvalue weighted by Crippen LogP contribution is -2.29. The van der Waals surface area contributed by atoms with E-state index in [-0.39, 0.29) is 5.91 Å². The van der Waals surface area contributed by atoms with E-state index in [0.29, 0.717) is 11.4 Å². The van der Waals surface area contributed by atoms with Crippen molar-refractivity contribution in [3.8, 4) is 16.3 Å². The number of hydrogen-bond acceptors (Lipinski definition) is 5. The Morgan fingerprint density at radius 1 is 1.30 bits per heavy atom. The summed E-state index contributed by atoms with van der Waals surface area (Å²) in [6.07, 6.45) is 1.61. The van der Waals surface area contributed by atoms with Gasteiger partial charge in [0.1, 0.15) is 15.6 Å². The second-order valence-electron chi connectivity index (χ2n) is 4.12. The van der Waals surface area contributed by atoms with Crippen LogP contribution in [0.15, 0.2) is 30.5 Å². The molecule has 20 heavy (non-hydrogen) atoms. The molecule has 1 heterocycles. The molecule has 0 aliphatic rings. The maximum atomic E-state index is 11.9. The number of likely N-dealkylation sites (N-methyl/N-ethyl adjacent to an activating group) is 1. The van der Waals surface area contributed by atoms with E-state index in [1.54, 1.807) is 13.3 Å². The van der Waals surface area contributed by atoms with Gasteiger partial charge in [0.15, 0.2) is 0 Å². The molecule has 0 aliphatic heterocycles. The highest BCUT2D eigenvalue weighted by molar-refractivity contribution is 7.16. The van der Waals surface area contributed by atoms with E-state index < -0.39 is 0 Å². The summed E-state index contributed by atoms with van der Waals surface area (Å²) in [4.78, 5) is 16.8. The zero-order chi connectivity index (χ0) is 14.4. The Labute approximate surface area is 122 Å². The Kier molecular flexibility index (Phi) is 5.09. The van der Waals surface area contributed by atoms with Gasteiger partial charge in [-0.15, -0.1) is 11.3 Å². The lowest BCUT2D eigenvalue weighted by Gasteiger charge is -2.01. The van der Waals surface area contributed by atoms with Crippen molar-refractivity contribution in [1.82, 2.24) is 15.6 Å². The van der Waals surface area contributed by atoms with Gasteiger partial charge in [0.25, 0.3) is 5.91 Å². The van der Waals surface area contributed by atoms with E-state index in [0.717, 1.165) is 22.9 Å². The van der Waals surface area contributed by atoms with Crippen LogP contribution in [-0.2, 0) is 0 Å². The number of aromatic nitrogens is 1. The van der Waals surface area contributed by atoms with Crippen molar-refractivity contribution in [3.05, 3.63) is 35.3 Å². The maximum absolute atomic E-state index is 11.9. The molecule has 0 saturated heterocycles. The van der Waals surface area contributed by atoms with E-state index in [1.165, 1.54) is 11.3 Å². The molecule has 0 unspecified atom stereocenters. The predicted molar refractivity (Wildman–Crippen MR) is 80.4 cm³/mol. The van der Waals surface area contributed by atoms with E-state index in [1.807, 2.05) is 31.3 Å². The minimum absolute atomic E-state index is 0.0856. The molecular weight excluding hydrogens is 274 g/mol. The Morgan fingerprint density at radius 3 is 2.70 bits per heavy atom. The first-order valence-corrected chi connectivity index (χ1v) is 7.09. The number of methoxy groups -OCH3 is 1. The second kappa shape index (κ2) is 7.02. The maximum Gasteiger partial charge on any atom is 0.263 e. The normalized spacial score (nSPS) is 10.3. The van der Waals surface area contributed by atoms with Crippen molar-refractivity contribution in [2.45, 2.75) is 0 Å². The summed E-state index contributed by atoms with van der Waals surface area (Å²) in [7, 11) is 3.48. The first-order chi connectivity index (χ1) is 9.74. The predicted octanol–water partition coefficient (Wildman–Crippen LogP) is 1.77. The topological polar surface area (TPSA) is 63.2 Å². The molecule has 0 spiro atoms. The van der Waals surface area contributed by atoms with Crippen LogP contribution >= 0.6 is 11.3 Å². The number of hydrogen-bond donors (Lipinski definition) is 2. The summed E-state index contributed by atoms with van der Waals surface area (Å²) < 4.78 is 5.12. The number of rotatable bonds is 6. The fourth-order valence-electron chi connectivity index (χ4n) is 1.63. The molecule has 0 atom stereocenters. The Hall–Kier alpha value is -1.92. The average Bonchev–Trinajstić information content (AvgIpc) is 2.97. The Morgan fingerprint density at radius 2 is 2.05 bits per heavy atom. The van der Waals surface area contributed by atoms with E-state index in [4.69, 9.17) is 4.74 Å². The number of nitrogens with one attached hydrogen (secondary N) is 2. The van der Waals surface area contributed by atoms with Gasteiger partial charge in [-0.25, -0.2) is 4.98 Å². The number of carbonyl (C=O) groups excluding carboxylic acids is 1. The van der Waals surface area contributed by atoms with E-state index in [2.05, 4.69) is 15.6 Å². The Balaban J connectivity index is 2.05. The monoisotopic (exact) mass is 291 g/mol. The van der Waals surface area contributed by atoms with E-state index >= 15 is 0 Å². The first-order valence-electron chi connectivity index (χ1n) is 6.27. The minimum Gasteiger partial charge on any atom is -0.497 e. The fraction of sp³-hybridized carbons (Fsp3) is 0.286. The van der Waals surface area contributed by atoms with Crippen LogP contribution < -0.4 is 15.4 Å². The van der Waals surface area contributed by atoms with Gasteiger partial charge in [-0.3, -0.25) is 4.79 Å². The molecular formula is C14H17N3O2S. The third kappa shape index (κ3) is 3.55. The molecule has 2 N–H and O–H groups in total. The summed E-state index contributed by atoms with van der Waals surface area (Å²) in [5, 5.41) is 6.63. The first kappa shape index (κ1) is 14.5. The quantitative estimate of drug-likeness (QED) is 0.796. The number of nitrogens with zero attached hydrogens (tertiary/aromatic N) is 1. The smallest absolute Gasteiger partial charge is 0.263 e. The summed E-state index contributed by atoms with van der Waals surface area (Å²) in [5.41, 5.74) is 0.977. The molecule has 2 rings (SSSR count). The fourth-order valence-corrected chi connectivity index (χ4v) is 2.47. The van der Waals surface area contributed by atoms with Crippen LogP contribution in [0.2, 0.25) is 0 Å². The molecule has 0 aliphatic carbocycles. The van der Waals surface area contributed by atoms with Crippen molar-refractivity contribution in [2.75, 3.05) is 27.2 Å². The second-order valence-corrected chi connectivity index (χ2v) is 5.15. The van der Waals surface area contributed by atoms with E-state index in [9.17, 15) is 4.79 Å². The minimum atomic E-state index is -0.0856. The number of thiazole rings is 1. The molecule has 2 aromatic rings. The van der Waals surface area contributed by atoms with Crippen molar-refractivity contribution in [1.29, 1.82) is 0 Å². The van der Waals surface area contributed by atoms with Gasteiger partial charge in [0.05, 0.1) is 13.3 Å². The zero-order valence-corrected chi connectivity index (χ0v) is 12.3. The number of carbonyl (C=O) groups is 1. The standard InChI is InChI=1S/C14H17N3O2S/c1-15-7-8-16-13(18)12-9-17-14(20-12)10-3-5-11(19-2)6-4-10/h3-6,9,15H,7-8H2,1-2H3,(H,16,18). The third-order valence-electron chi connectivity index (χ3n) is 2.73. The summed E-state index contributed by atoms with van der Waals surface area (Å²) in [6.45, 7) is 1.35. The molecule has 1 aromatic heterocycles. The van der Waals surface area contributed by atoms with Crippen LogP contribution in [0.1, 0.15) is 9.67 Å². The van der Waals surface area contributed by atoms with Crippen LogP contribution in [0.3, 0.4) is 0 Å². The van der Waals surface area contributed by atoms with Crippen molar-refractivity contribution in [3.63, 3.8) is 0 Å². The number of ether oxygens (including phenoxy) is 1. The zero-order valence-electron chi connectivity index (χ0n) is 11.5. The molecule has 6 heteroatoms. The van der Waals surface area contributed by atoms with Crippen LogP contribution in [-0.4, -0.2) is 38.1 Å². The van der Waals surface area contributed by atoms with Crippen LogP contribution in [0, 0.1) is 0 Å². The molecule has 0 bridgehead atoms. The van der Waals surface area contributed by atoms with Gasteiger partial charge < -0.3 is 15.4 Å². The largest absolute Gasteiger partial charge is 0.497 e. The number of benzene rings is 1. The summed E-state index contributed by atoms with van der Waals surface area (Å²) in [5.74, 6) is 0.716. The van der Waals surface area contributed by atoms with Crippen molar-refractivity contribution in [2.24, 2.45) is 0 Å². The SMILES string of the molecule is CNCCNC(=O)c1cnc(-c2ccc(OC)cc2)s1. The Bertz CT molecular complexity index is 566. The lowest BCUT2D eigenvalue weighted by atomic mass is 10.2. The molecule has 0 saturated carbocycles. The van der Waals surface area contributed by atoms with Gasteiger partial charge in [-0.2, -0.15) is 0 Å². The van der Waals surface area contributed by atoms with Gasteiger partial charge in [-0.1, -0.05) is 0 Å². The number of amides is 1.